The number of nitrogen functional groups attached to an aromatic ring is 2. The van der Waals surface area contributed by atoms with Gasteiger partial charge in [-0.15, -0.1) is 0 Å². The van der Waals surface area contributed by atoms with Crippen molar-refractivity contribution in [3.63, 3.8) is 0 Å². The number of hydrogen-bond donors (Lipinski definition) is 2. The monoisotopic (exact) mass is 165 g/mol. The third kappa shape index (κ3) is 1.35. The van der Waals surface area contributed by atoms with E-state index in [-0.39, 0.29) is 0 Å². The molecule has 1 aromatic heterocycles. The number of aromatic nitrogens is 1. The molecule has 66 valence electrons. The first kappa shape index (κ1) is 8.84. The normalized spacial score (nSPS) is 10.2. The minimum Gasteiger partial charge on any atom is -0.397 e. The molecule has 12 heavy (non-hydrogen) atoms. The Labute approximate surface area is 72.8 Å². The zero-order valence-corrected chi connectivity index (χ0v) is 7.59. The molecular formula is C9H15N3. The first-order chi connectivity index (χ1) is 5.70. The van der Waals surface area contributed by atoms with Gasteiger partial charge in [0.2, 0.25) is 0 Å². The lowest BCUT2D eigenvalue weighted by Crippen LogP contribution is -2.04. The maximum Gasteiger partial charge on any atom is 0.126 e. The van der Waals surface area contributed by atoms with Crippen molar-refractivity contribution in [2.45, 2.75) is 26.7 Å². The van der Waals surface area contributed by atoms with Crippen LogP contribution in [0.15, 0.2) is 6.20 Å². The molecule has 0 unspecified atom stereocenters. The maximum atomic E-state index is 5.76. The zero-order valence-electron chi connectivity index (χ0n) is 7.59. The Balaban J connectivity index is 3.28. The van der Waals surface area contributed by atoms with Crippen LogP contribution in [0, 0.1) is 0 Å². The Morgan fingerprint density at radius 3 is 2.17 bits per heavy atom. The molecule has 1 aromatic rings. The molecule has 0 saturated carbocycles. The fourth-order valence-corrected chi connectivity index (χ4v) is 1.44. The van der Waals surface area contributed by atoms with Crippen LogP contribution in [0.5, 0.6) is 0 Å². The van der Waals surface area contributed by atoms with Gasteiger partial charge in [-0.05, 0) is 24.0 Å². The van der Waals surface area contributed by atoms with Gasteiger partial charge in [0.1, 0.15) is 5.82 Å². The number of rotatable bonds is 2. The van der Waals surface area contributed by atoms with Gasteiger partial charge in [-0.25, -0.2) is 4.98 Å². The average Bonchev–Trinajstić information content (AvgIpc) is 2.08. The van der Waals surface area contributed by atoms with Crippen LogP contribution in [0.3, 0.4) is 0 Å². The summed E-state index contributed by atoms with van der Waals surface area (Å²) in [6.07, 6.45) is 3.45. The molecule has 0 radical (unpaired) electrons. The second-order valence-corrected chi connectivity index (χ2v) is 2.76. The van der Waals surface area contributed by atoms with Crippen molar-refractivity contribution in [1.29, 1.82) is 0 Å². The second kappa shape index (κ2) is 3.43. The SMILES string of the molecule is CCc1c(N)cnc(N)c1CC. The van der Waals surface area contributed by atoms with E-state index in [4.69, 9.17) is 11.5 Å². The quantitative estimate of drug-likeness (QED) is 0.695. The first-order valence-corrected chi connectivity index (χ1v) is 4.22. The largest absolute Gasteiger partial charge is 0.397 e. The molecule has 0 spiro atoms. The molecule has 0 bridgehead atoms. The highest BCUT2D eigenvalue weighted by atomic mass is 14.8. The molecule has 0 aliphatic rings. The lowest BCUT2D eigenvalue weighted by atomic mass is 10.0. The van der Waals surface area contributed by atoms with Crippen molar-refractivity contribution in [2.75, 3.05) is 11.5 Å². The van der Waals surface area contributed by atoms with Crippen LogP contribution in [-0.2, 0) is 12.8 Å². The minimum absolute atomic E-state index is 0.614. The van der Waals surface area contributed by atoms with Crippen molar-refractivity contribution in [1.82, 2.24) is 4.98 Å². The first-order valence-electron chi connectivity index (χ1n) is 4.22. The summed E-state index contributed by atoms with van der Waals surface area (Å²) in [5, 5.41) is 0. The van der Waals surface area contributed by atoms with E-state index in [2.05, 4.69) is 18.8 Å². The molecular weight excluding hydrogens is 150 g/mol. The molecule has 0 aliphatic heterocycles. The summed E-state index contributed by atoms with van der Waals surface area (Å²) < 4.78 is 0. The van der Waals surface area contributed by atoms with Crippen molar-refractivity contribution in [3.8, 4) is 0 Å². The van der Waals surface area contributed by atoms with E-state index >= 15 is 0 Å². The number of anilines is 2. The van der Waals surface area contributed by atoms with Gasteiger partial charge in [0, 0.05) is 0 Å². The van der Waals surface area contributed by atoms with Gasteiger partial charge in [0.25, 0.3) is 0 Å². The van der Waals surface area contributed by atoms with Gasteiger partial charge < -0.3 is 11.5 Å². The van der Waals surface area contributed by atoms with Gasteiger partial charge in [0.05, 0.1) is 11.9 Å². The van der Waals surface area contributed by atoms with Crippen LogP contribution in [0.1, 0.15) is 25.0 Å². The molecule has 3 heteroatoms. The predicted molar refractivity (Wildman–Crippen MR) is 51.8 cm³/mol. The number of hydrogen-bond acceptors (Lipinski definition) is 3. The Bertz CT molecular complexity index is 252. The van der Waals surface area contributed by atoms with Crippen molar-refractivity contribution in [2.24, 2.45) is 0 Å². The molecule has 0 atom stereocenters. The number of pyridine rings is 1. The third-order valence-electron chi connectivity index (χ3n) is 2.07. The molecule has 0 saturated heterocycles. The van der Waals surface area contributed by atoms with Gasteiger partial charge in [0.15, 0.2) is 0 Å². The molecule has 0 fully saturated rings. The molecule has 0 aromatic carbocycles. The van der Waals surface area contributed by atoms with Crippen LogP contribution in [0.2, 0.25) is 0 Å². The van der Waals surface area contributed by atoms with E-state index in [9.17, 15) is 0 Å². The van der Waals surface area contributed by atoms with E-state index < -0.39 is 0 Å². The Morgan fingerprint density at radius 1 is 1.17 bits per heavy atom. The Hall–Kier alpha value is -1.25. The molecule has 1 heterocycles. The summed E-state index contributed by atoms with van der Waals surface area (Å²) in [5.41, 5.74) is 14.5. The predicted octanol–water partition coefficient (Wildman–Crippen LogP) is 1.37. The summed E-state index contributed by atoms with van der Waals surface area (Å²) in [7, 11) is 0. The number of nitrogens with zero attached hydrogens (tertiary/aromatic N) is 1. The van der Waals surface area contributed by atoms with Crippen LogP contribution >= 0.6 is 0 Å². The Kier molecular flexibility index (Phi) is 2.53. The summed E-state index contributed by atoms with van der Waals surface area (Å²) in [4.78, 5) is 4.01. The molecule has 1 rings (SSSR count). The van der Waals surface area contributed by atoms with Gasteiger partial charge in [-0.2, -0.15) is 0 Å². The fraction of sp³-hybridized carbons (Fsp3) is 0.444. The van der Waals surface area contributed by atoms with E-state index in [0.29, 0.717) is 5.82 Å². The Morgan fingerprint density at radius 2 is 1.75 bits per heavy atom. The highest BCUT2D eigenvalue weighted by Crippen LogP contribution is 2.21. The lowest BCUT2D eigenvalue weighted by molar-refractivity contribution is 1.02. The van der Waals surface area contributed by atoms with Crippen molar-refractivity contribution < 1.29 is 0 Å². The summed E-state index contributed by atoms with van der Waals surface area (Å²) >= 11 is 0. The van der Waals surface area contributed by atoms with Crippen molar-refractivity contribution in [3.05, 3.63) is 17.3 Å². The van der Waals surface area contributed by atoms with Crippen LogP contribution < -0.4 is 11.5 Å². The number of nitrogens with two attached hydrogens (primary N) is 2. The van der Waals surface area contributed by atoms with Gasteiger partial charge in [-0.1, -0.05) is 13.8 Å². The smallest absolute Gasteiger partial charge is 0.126 e. The maximum absolute atomic E-state index is 5.76. The summed E-state index contributed by atoms with van der Waals surface area (Å²) in [6.45, 7) is 4.14. The lowest BCUT2D eigenvalue weighted by Gasteiger charge is -2.10. The van der Waals surface area contributed by atoms with Gasteiger partial charge >= 0.3 is 0 Å². The van der Waals surface area contributed by atoms with Crippen molar-refractivity contribution >= 4 is 11.5 Å². The highest BCUT2D eigenvalue weighted by molar-refractivity contribution is 5.57. The van der Waals surface area contributed by atoms with Crippen LogP contribution in [0.25, 0.3) is 0 Å². The summed E-state index contributed by atoms with van der Waals surface area (Å²) in [5.74, 6) is 0.614. The standard InChI is InChI=1S/C9H15N3/c1-3-6-7(4-2)9(11)12-5-8(6)10/h5H,3-4,10H2,1-2H3,(H2,11,12). The van der Waals surface area contributed by atoms with E-state index in [1.54, 1.807) is 6.20 Å². The molecule has 3 nitrogen and oxygen atoms in total. The van der Waals surface area contributed by atoms with E-state index in [0.717, 1.165) is 29.7 Å². The topological polar surface area (TPSA) is 64.9 Å². The molecule has 4 N–H and O–H groups in total. The summed E-state index contributed by atoms with van der Waals surface area (Å²) in [6, 6.07) is 0. The third-order valence-corrected chi connectivity index (χ3v) is 2.07. The second-order valence-electron chi connectivity index (χ2n) is 2.76. The van der Waals surface area contributed by atoms with Crippen LogP contribution in [-0.4, -0.2) is 4.98 Å². The zero-order chi connectivity index (χ0) is 9.14. The minimum atomic E-state index is 0.614. The average molecular weight is 165 g/mol. The highest BCUT2D eigenvalue weighted by Gasteiger charge is 2.06. The molecule has 0 amide bonds. The van der Waals surface area contributed by atoms with E-state index in [1.165, 1.54) is 0 Å². The van der Waals surface area contributed by atoms with E-state index in [1.807, 2.05) is 0 Å². The fourth-order valence-electron chi connectivity index (χ4n) is 1.44. The molecule has 0 aliphatic carbocycles. The van der Waals surface area contributed by atoms with Crippen LogP contribution in [0.4, 0.5) is 11.5 Å². The van der Waals surface area contributed by atoms with Gasteiger partial charge in [-0.3, -0.25) is 0 Å².